The van der Waals surface area contributed by atoms with Gasteiger partial charge in [0, 0.05) is 23.7 Å². The summed E-state index contributed by atoms with van der Waals surface area (Å²) in [6.45, 7) is 3.53. The summed E-state index contributed by atoms with van der Waals surface area (Å²) < 4.78 is 1.08. The topological polar surface area (TPSA) is 71.0 Å². The van der Waals surface area contributed by atoms with Gasteiger partial charge in [0.05, 0.1) is 21.8 Å². The molecule has 6 nitrogen and oxygen atoms in total. The fourth-order valence-corrected chi connectivity index (χ4v) is 5.05. The number of aromatic nitrogens is 3. The SMILES string of the molecule is Cc1ccc2nc(NC(=O)C3CCCN(c4ccc(-c5ccc(Cl)cc5)nn4)C3)sc2c1. The van der Waals surface area contributed by atoms with Crippen LogP contribution in [-0.2, 0) is 4.79 Å². The molecule has 3 heterocycles. The Morgan fingerprint density at radius 3 is 2.75 bits per heavy atom. The van der Waals surface area contributed by atoms with Gasteiger partial charge < -0.3 is 10.2 Å². The van der Waals surface area contributed by atoms with Crippen LogP contribution in [0.4, 0.5) is 10.9 Å². The number of fused-ring (bicyclic) bond motifs is 1. The van der Waals surface area contributed by atoms with E-state index in [-0.39, 0.29) is 11.8 Å². The molecule has 1 aliphatic heterocycles. The molecule has 1 atom stereocenters. The van der Waals surface area contributed by atoms with Gasteiger partial charge in [-0.15, -0.1) is 10.2 Å². The second kappa shape index (κ2) is 8.84. The molecule has 8 heteroatoms. The van der Waals surface area contributed by atoms with Crippen molar-refractivity contribution in [2.45, 2.75) is 19.8 Å². The van der Waals surface area contributed by atoms with Crippen molar-refractivity contribution in [2.24, 2.45) is 5.92 Å². The Hall–Kier alpha value is -3.03. The summed E-state index contributed by atoms with van der Waals surface area (Å²) in [4.78, 5) is 19.6. The van der Waals surface area contributed by atoms with E-state index in [9.17, 15) is 4.79 Å². The Balaban J connectivity index is 1.26. The molecule has 1 saturated heterocycles. The van der Waals surface area contributed by atoms with E-state index in [1.54, 1.807) is 0 Å². The van der Waals surface area contributed by atoms with Gasteiger partial charge in [-0.3, -0.25) is 4.79 Å². The van der Waals surface area contributed by atoms with Crippen molar-refractivity contribution >= 4 is 50.0 Å². The minimum absolute atomic E-state index is 0.0104. The maximum atomic E-state index is 12.9. The number of amides is 1. The van der Waals surface area contributed by atoms with Crippen LogP contribution in [0.1, 0.15) is 18.4 Å². The minimum atomic E-state index is -0.116. The van der Waals surface area contributed by atoms with Gasteiger partial charge in [-0.05, 0) is 61.7 Å². The zero-order valence-corrected chi connectivity index (χ0v) is 19.2. The smallest absolute Gasteiger partial charge is 0.231 e. The molecule has 1 fully saturated rings. The molecule has 1 aliphatic rings. The van der Waals surface area contributed by atoms with Gasteiger partial charge in [0.2, 0.25) is 5.91 Å². The van der Waals surface area contributed by atoms with Gasteiger partial charge in [-0.1, -0.05) is 41.1 Å². The molecule has 5 rings (SSSR count). The summed E-state index contributed by atoms with van der Waals surface area (Å²) in [6.07, 6.45) is 1.78. The third-order valence-corrected chi connectivity index (χ3v) is 6.87. The Morgan fingerprint density at radius 1 is 1.12 bits per heavy atom. The van der Waals surface area contributed by atoms with Crippen molar-refractivity contribution in [3.8, 4) is 11.3 Å². The standard InChI is InChI=1S/C24H22ClN5OS/c1-15-4-9-20-21(13-15)32-24(26-20)27-23(31)17-3-2-12-30(14-17)22-11-10-19(28-29-22)16-5-7-18(25)8-6-16/h4-11,13,17H,2-3,12,14H2,1H3,(H,26,27,31). The van der Waals surface area contributed by atoms with Crippen molar-refractivity contribution in [3.63, 3.8) is 0 Å². The normalized spacial score (nSPS) is 16.3. The van der Waals surface area contributed by atoms with Crippen LogP contribution in [0.3, 0.4) is 0 Å². The number of benzene rings is 2. The lowest BCUT2D eigenvalue weighted by atomic mass is 9.97. The number of thiazole rings is 1. The largest absolute Gasteiger partial charge is 0.354 e. The van der Waals surface area contributed by atoms with E-state index in [1.165, 1.54) is 16.9 Å². The van der Waals surface area contributed by atoms with E-state index in [2.05, 4.69) is 38.4 Å². The molecule has 0 aliphatic carbocycles. The molecule has 2 aromatic carbocycles. The molecule has 1 N–H and O–H groups in total. The average molecular weight is 464 g/mol. The summed E-state index contributed by atoms with van der Waals surface area (Å²) >= 11 is 7.48. The Morgan fingerprint density at radius 2 is 1.97 bits per heavy atom. The fourth-order valence-electron chi connectivity index (χ4n) is 3.96. The lowest BCUT2D eigenvalue weighted by Crippen LogP contribution is -2.41. The summed E-state index contributed by atoms with van der Waals surface area (Å²) in [5.74, 6) is 0.683. The summed E-state index contributed by atoms with van der Waals surface area (Å²) in [6, 6.07) is 17.6. The van der Waals surface area contributed by atoms with Crippen molar-refractivity contribution in [1.82, 2.24) is 15.2 Å². The predicted octanol–water partition coefficient (Wildman–Crippen LogP) is 5.57. The van der Waals surface area contributed by atoms with Crippen molar-refractivity contribution in [1.29, 1.82) is 0 Å². The van der Waals surface area contributed by atoms with E-state index in [0.717, 1.165) is 46.7 Å². The van der Waals surface area contributed by atoms with Gasteiger partial charge in [0.1, 0.15) is 0 Å². The summed E-state index contributed by atoms with van der Waals surface area (Å²) in [5.41, 5.74) is 3.86. The molecule has 4 aromatic rings. The van der Waals surface area contributed by atoms with Gasteiger partial charge in [0.25, 0.3) is 0 Å². The van der Waals surface area contributed by atoms with E-state index in [4.69, 9.17) is 11.6 Å². The molecule has 0 radical (unpaired) electrons. The number of carbonyl (C=O) groups is 1. The first-order chi connectivity index (χ1) is 15.5. The van der Waals surface area contributed by atoms with Crippen LogP contribution in [0, 0.1) is 12.8 Å². The molecule has 1 amide bonds. The number of halogens is 1. The highest BCUT2D eigenvalue weighted by molar-refractivity contribution is 7.22. The monoisotopic (exact) mass is 463 g/mol. The molecular weight excluding hydrogens is 442 g/mol. The Kier molecular flexibility index (Phi) is 5.76. The lowest BCUT2D eigenvalue weighted by molar-refractivity contribution is -0.120. The maximum Gasteiger partial charge on any atom is 0.231 e. The number of nitrogens with zero attached hydrogens (tertiary/aromatic N) is 4. The van der Waals surface area contributed by atoms with Crippen LogP contribution in [-0.4, -0.2) is 34.2 Å². The number of hydrogen-bond donors (Lipinski definition) is 1. The molecule has 32 heavy (non-hydrogen) atoms. The van der Waals surface area contributed by atoms with Gasteiger partial charge in [-0.25, -0.2) is 4.98 Å². The molecule has 1 unspecified atom stereocenters. The number of carbonyl (C=O) groups excluding carboxylic acids is 1. The quantitative estimate of drug-likeness (QED) is 0.428. The second-order valence-electron chi connectivity index (χ2n) is 8.05. The first-order valence-electron chi connectivity index (χ1n) is 10.6. The second-order valence-corrected chi connectivity index (χ2v) is 9.52. The van der Waals surface area contributed by atoms with E-state index >= 15 is 0 Å². The van der Waals surface area contributed by atoms with Gasteiger partial charge >= 0.3 is 0 Å². The lowest BCUT2D eigenvalue weighted by Gasteiger charge is -2.32. The predicted molar refractivity (Wildman–Crippen MR) is 130 cm³/mol. The molecule has 2 aromatic heterocycles. The molecule has 0 spiro atoms. The Bertz CT molecular complexity index is 1260. The molecule has 0 bridgehead atoms. The van der Waals surface area contributed by atoms with Crippen LogP contribution in [0.2, 0.25) is 5.02 Å². The van der Waals surface area contributed by atoms with Gasteiger partial charge in [-0.2, -0.15) is 0 Å². The van der Waals surface area contributed by atoms with Crippen LogP contribution in [0.15, 0.2) is 54.6 Å². The number of rotatable bonds is 4. The molecule has 0 saturated carbocycles. The highest BCUT2D eigenvalue weighted by atomic mass is 35.5. The van der Waals surface area contributed by atoms with E-state index in [0.29, 0.717) is 16.7 Å². The zero-order chi connectivity index (χ0) is 22.1. The van der Waals surface area contributed by atoms with Crippen molar-refractivity contribution in [2.75, 3.05) is 23.3 Å². The van der Waals surface area contributed by atoms with Crippen LogP contribution in [0.5, 0.6) is 0 Å². The third-order valence-electron chi connectivity index (χ3n) is 5.68. The van der Waals surface area contributed by atoms with Gasteiger partial charge in [0.15, 0.2) is 10.9 Å². The maximum absolute atomic E-state index is 12.9. The van der Waals surface area contributed by atoms with Crippen molar-refractivity contribution in [3.05, 3.63) is 65.2 Å². The van der Waals surface area contributed by atoms with E-state index < -0.39 is 0 Å². The van der Waals surface area contributed by atoms with Crippen molar-refractivity contribution < 1.29 is 4.79 Å². The van der Waals surface area contributed by atoms with Crippen LogP contribution >= 0.6 is 22.9 Å². The minimum Gasteiger partial charge on any atom is -0.354 e. The van der Waals surface area contributed by atoms with Crippen LogP contribution in [0.25, 0.3) is 21.5 Å². The number of hydrogen-bond acceptors (Lipinski definition) is 6. The first-order valence-corrected chi connectivity index (χ1v) is 11.8. The first kappa shape index (κ1) is 20.8. The molecule has 162 valence electrons. The third kappa shape index (κ3) is 4.45. The number of piperidine rings is 1. The highest BCUT2D eigenvalue weighted by Gasteiger charge is 2.27. The molecular formula is C24H22ClN5OS. The number of nitrogens with one attached hydrogen (secondary N) is 1. The number of anilines is 2. The highest BCUT2D eigenvalue weighted by Crippen LogP contribution is 2.29. The summed E-state index contributed by atoms with van der Waals surface area (Å²) in [5, 5.41) is 13.2. The zero-order valence-electron chi connectivity index (χ0n) is 17.6. The average Bonchev–Trinajstić information content (AvgIpc) is 3.21. The fraction of sp³-hybridized carbons (Fsp3) is 0.250. The summed E-state index contributed by atoms with van der Waals surface area (Å²) in [7, 11) is 0. The van der Waals surface area contributed by atoms with E-state index in [1.807, 2.05) is 48.5 Å². The number of aryl methyl sites for hydroxylation is 1. The Labute approximate surface area is 195 Å². The van der Waals surface area contributed by atoms with Crippen LogP contribution < -0.4 is 10.2 Å².